The van der Waals surface area contributed by atoms with Crippen LogP contribution in [0.15, 0.2) is 10.5 Å². The monoisotopic (exact) mass is 143 g/mol. The number of carbonyl (C=O) groups excluding carboxylic acids is 1. The van der Waals surface area contributed by atoms with Gasteiger partial charge in [-0.3, -0.25) is 4.79 Å². The summed E-state index contributed by atoms with van der Waals surface area (Å²) in [6, 6.07) is 0. The first kappa shape index (κ1) is 6.68. The number of hydrogen-bond donors (Lipinski definition) is 2. The summed E-state index contributed by atoms with van der Waals surface area (Å²) in [7, 11) is 0. The van der Waals surface area contributed by atoms with E-state index in [0.29, 0.717) is 0 Å². The number of amides is 1. The molecule has 0 atom stereocenters. The minimum absolute atomic E-state index is 0.308. The van der Waals surface area contributed by atoms with Crippen LogP contribution in [-0.4, -0.2) is 5.91 Å². The lowest BCUT2D eigenvalue weighted by Gasteiger charge is -1.93. The molecule has 0 heterocycles. The highest BCUT2D eigenvalue weighted by atomic mass is 32.1. The standard InChI is InChI=1S/C6H9NOS/c7-6(8)4-2-1-3-5(4)9/h9H,1-3H2,(H2,7,8). The molecular formula is C6H9NOS. The second-order valence-corrected chi connectivity index (χ2v) is 2.68. The third kappa shape index (κ3) is 1.27. The van der Waals surface area contributed by atoms with E-state index in [1.54, 1.807) is 0 Å². The molecule has 0 radical (unpaired) electrons. The first-order valence-corrected chi connectivity index (χ1v) is 3.37. The zero-order valence-electron chi connectivity index (χ0n) is 5.05. The molecule has 0 aromatic rings. The van der Waals surface area contributed by atoms with Crippen molar-refractivity contribution in [3.63, 3.8) is 0 Å². The summed E-state index contributed by atoms with van der Waals surface area (Å²) in [6.45, 7) is 0. The van der Waals surface area contributed by atoms with Crippen LogP contribution in [-0.2, 0) is 4.79 Å². The summed E-state index contributed by atoms with van der Waals surface area (Å²) in [5.74, 6) is -0.308. The van der Waals surface area contributed by atoms with E-state index in [4.69, 9.17) is 5.73 Å². The molecule has 0 fully saturated rings. The lowest BCUT2D eigenvalue weighted by Crippen LogP contribution is -2.12. The zero-order valence-corrected chi connectivity index (χ0v) is 5.95. The zero-order chi connectivity index (χ0) is 6.85. The molecule has 1 amide bonds. The van der Waals surface area contributed by atoms with Gasteiger partial charge in [-0.1, -0.05) is 0 Å². The van der Waals surface area contributed by atoms with Gasteiger partial charge in [-0.05, 0) is 24.2 Å². The van der Waals surface area contributed by atoms with Crippen molar-refractivity contribution in [2.75, 3.05) is 0 Å². The molecule has 1 rings (SSSR count). The van der Waals surface area contributed by atoms with Crippen LogP contribution in [0.4, 0.5) is 0 Å². The predicted molar refractivity (Wildman–Crippen MR) is 39.1 cm³/mol. The molecule has 3 heteroatoms. The van der Waals surface area contributed by atoms with Crippen LogP contribution in [0.1, 0.15) is 19.3 Å². The lowest BCUT2D eigenvalue weighted by atomic mass is 10.2. The number of carbonyl (C=O) groups is 1. The van der Waals surface area contributed by atoms with Gasteiger partial charge in [0.05, 0.1) is 0 Å². The van der Waals surface area contributed by atoms with Gasteiger partial charge >= 0.3 is 0 Å². The maximum atomic E-state index is 10.5. The van der Waals surface area contributed by atoms with E-state index in [0.717, 1.165) is 29.7 Å². The van der Waals surface area contributed by atoms with Gasteiger partial charge in [-0.25, -0.2) is 0 Å². The van der Waals surface area contributed by atoms with Crippen LogP contribution in [0.2, 0.25) is 0 Å². The summed E-state index contributed by atoms with van der Waals surface area (Å²) in [6.07, 6.45) is 2.76. The third-order valence-electron chi connectivity index (χ3n) is 1.49. The number of nitrogens with two attached hydrogens (primary N) is 1. The summed E-state index contributed by atoms with van der Waals surface area (Å²) in [4.78, 5) is 11.4. The predicted octanol–water partition coefficient (Wildman–Crippen LogP) is 0.840. The molecule has 0 aliphatic heterocycles. The van der Waals surface area contributed by atoms with Crippen LogP contribution in [0.3, 0.4) is 0 Å². The number of primary amides is 1. The molecule has 0 aromatic carbocycles. The Morgan fingerprint density at radius 3 is 2.44 bits per heavy atom. The van der Waals surface area contributed by atoms with E-state index >= 15 is 0 Å². The molecule has 50 valence electrons. The molecule has 0 spiro atoms. The molecule has 0 aromatic heterocycles. The lowest BCUT2D eigenvalue weighted by molar-refractivity contribution is -0.114. The van der Waals surface area contributed by atoms with E-state index < -0.39 is 0 Å². The average Bonchev–Trinajstić information content (AvgIpc) is 2.13. The third-order valence-corrected chi connectivity index (χ3v) is 1.98. The fourth-order valence-corrected chi connectivity index (χ4v) is 1.37. The van der Waals surface area contributed by atoms with E-state index in [1.807, 2.05) is 0 Å². The van der Waals surface area contributed by atoms with Gasteiger partial charge in [0.1, 0.15) is 0 Å². The SMILES string of the molecule is NC(=O)C1=C(S)CCC1. The topological polar surface area (TPSA) is 43.1 Å². The molecule has 0 unspecified atom stereocenters. The summed E-state index contributed by atoms with van der Waals surface area (Å²) < 4.78 is 0. The van der Waals surface area contributed by atoms with E-state index in [9.17, 15) is 4.79 Å². The van der Waals surface area contributed by atoms with E-state index in [2.05, 4.69) is 12.6 Å². The minimum atomic E-state index is -0.308. The number of allylic oxidation sites excluding steroid dienone is 1. The fourth-order valence-electron chi connectivity index (χ4n) is 0.993. The maximum Gasteiger partial charge on any atom is 0.245 e. The van der Waals surface area contributed by atoms with Crippen molar-refractivity contribution < 1.29 is 4.79 Å². The highest BCUT2D eigenvalue weighted by Crippen LogP contribution is 2.27. The minimum Gasteiger partial charge on any atom is -0.366 e. The van der Waals surface area contributed by atoms with Crippen molar-refractivity contribution in [1.29, 1.82) is 0 Å². The van der Waals surface area contributed by atoms with Crippen LogP contribution in [0, 0.1) is 0 Å². The number of rotatable bonds is 1. The molecule has 1 aliphatic carbocycles. The van der Waals surface area contributed by atoms with Gasteiger partial charge in [0, 0.05) is 5.57 Å². The van der Waals surface area contributed by atoms with Crippen LogP contribution in [0.25, 0.3) is 0 Å². The van der Waals surface area contributed by atoms with Crippen molar-refractivity contribution >= 4 is 18.5 Å². The Morgan fingerprint density at radius 1 is 1.56 bits per heavy atom. The van der Waals surface area contributed by atoms with E-state index in [1.165, 1.54) is 0 Å². The van der Waals surface area contributed by atoms with Gasteiger partial charge in [0.2, 0.25) is 5.91 Å². The second-order valence-electron chi connectivity index (χ2n) is 2.14. The van der Waals surface area contributed by atoms with Crippen molar-refractivity contribution in [2.45, 2.75) is 19.3 Å². The highest BCUT2D eigenvalue weighted by Gasteiger charge is 2.15. The molecule has 9 heavy (non-hydrogen) atoms. The Morgan fingerprint density at radius 2 is 2.22 bits per heavy atom. The van der Waals surface area contributed by atoms with Crippen LogP contribution in [0.5, 0.6) is 0 Å². The van der Waals surface area contributed by atoms with E-state index in [-0.39, 0.29) is 5.91 Å². The second kappa shape index (κ2) is 2.43. The van der Waals surface area contributed by atoms with Gasteiger partial charge in [-0.2, -0.15) is 0 Å². The normalized spacial score (nSPS) is 18.8. The largest absolute Gasteiger partial charge is 0.366 e. The average molecular weight is 143 g/mol. The first-order valence-electron chi connectivity index (χ1n) is 2.92. The molecule has 2 N–H and O–H groups in total. The number of hydrogen-bond acceptors (Lipinski definition) is 2. The first-order chi connectivity index (χ1) is 4.22. The highest BCUT2D eigenvalue weighted by molar-refractivity contribution is 7.84. The van der Waals surface area contributed by atoms with Crippen molar-refractivity contribution in [3.05, 3.63) is 10.5 Å². The quantitative estimate of drug-likeness (QED) is 0.525. The smallest absolute Gasteiger partial charge is 0.245 e. The maximum absolute atomic E-state index is 10.5. The van der Waals surface area contributed by atoms with Gasteiger partial charge in [-0.15, -0.1) is 12.6 Å². The molecular weight excluding hydrogens is 134 g/mol. The van der Waals surface area contributed by atoms with Crippen molar-refractivity contribution in [2.24, 2.45) is 5.73 Å². The van der Waals surface area contributed by atoms with Crippen molar-refractivity contribution in [3.8, 4) is 0 Å². The Labute approximate surface area is 59.5 Å². The fraction of sp³-hybridized carbons (Fsp3) is 0.500. The molecule has 0 saturated carbocycles. The molecule has 0 bridgehead atoms. The van der Waals surface area contributed by atoms with Crippen LogP contribution >= 0.6 is 12.6 Å². The molecule has 1 aliphatic rings. The van der Waals surface area contributed by atoms with Crippen LogP contribution < -0.4 is 5.73 Å². The molecule has 2 nitrogen and oxygen atoms in total. The summed E-state index contributed by atoms with van der Waals surface area (Å²) in [5.41, 5.74) is 5.76. The Bertz CT molecular complexity index is 174. The van der Waals surface area contributed by atoms with Crippen molar-refractivity contribution in [1.82, 2.24) is 0 Å². The Balaban J connectivity index is 2.78. The molecule has 0 saturated heterocycles. The number of thiol groups is 1. The Kier molecular flexibility index (Phi) is 1.81. The Hall–Kier alpha value is -0.440. The van der Waals surface area contributed by atoms with Gasteiger partial charge in [0.25, 0.3) is 0 Å². The summed E-state index contributed by atoms with van der Waals surface area (Å²) in [5, 5.41) is 0. The van der Waals surface area contributed by atoms with Gasteiger partial charge < -0.3 is 5.73 Å². The van der Waals surface area contributed by atoms with Gasteiger partial charge in [0.15, 0.2) is 0 Å². The summed E-state index contributed by atoms with van der Waals surface area (Å²) >= 11 is 4.11.